The third kappa shape index (κ3) is 1.68. The highest BCUT2D eigenvalue weighted by Gasteiger charge is 1.93. The average Bonchev–Trinajstić information content (AvgIpc) is 1.65. The van der Waals surface area contributed by atoms with Gasteiger partial charge in [-0.15, -0.1) is 4.91 Å². The molecule has 0 spiro atoms. The van der Waals surface area contributed by atoms with Gasteiger partial charge in [-0.05, 0) is 5.18 Å². The van der Waals surface area contributed by atoms with Crippen molar-refractivity contribution >= 4 is 11.6 Å². The summed E-state index contributed by atoms with van der Waals surface area (Å²) in [6.45, 7) is 0. The van der Waals surface area contributed by atoms with E-state index >= 15 is 0 Å². The van der Waals surface area contributed by atoms with Crippen molar-refractivity contribution in [1.82, 2.24) is 0 Å². The molecule has 0 aromatic heterocycles. The Morgan fingerprint density at radius 2 is 2.50 bits per heavy atom. The van der Waals surface area contributed by atoms with Gasteiger partial charge in [0.1, 0.15) is 6.07 Å². The van der Waals surface area contributed by atoms with Crippen LogP contribution in [0.4, 0.5) is 0 Å². The van der Waals surface area contributed by atoms with Crippen molar-refractivity contribution in [1.29, 1.82) is 5.26 Å². The maximum atomic E-state index is 9.13. The largest absolute Gasteiger partial charge is 0.250 e. The van der Waals surface area contributed by atoms with Crippen LogP contribution >= 0.6 is 11.6 Å². The molecule has 1 atom stereocenters. The Labute approximate surface area is 39.5 Å². The van der Waals surface area contributed by atoms with Gasteiger partial charge in [0.25, 0.3) is 5.50 Å². The lowest BCUT2D eigenvalue weighted by atomic mass is 10.8. The third-order valence-electron chi connectivity index (χ3n) is 0.199. The molecule has 32 valence electrons. The number of nitrogens with zero attached hydrogens (tertiary/aromatic N) is 2. The first-order valence-electron chi connectivity index (χ1n) is 1.17. The summed E-state index contributed by atoms with van der Waals surface area (Å²) in [5.74, 6) is 0. The first-order valence-corrected chi connectivity index (χ1v) is 1.61. The van der Waals surface area contributed by atoms with Crippen molar-refractivity contribution in [3.05, 3.63) is 4.91 Å². The lowest BCUT2D eigenvalue weighted by Crippen LogP contribution is -1.80. The monoisotopic (exact) mass is 104 g/mol. The molecule has 0 aromatic carbocycles. The number of nitriles is 1. The van der Waals surface area contributed by atoms with Crippen LogP contribution in [0, 0.1) is 16.2 Å². The van der Waals surface area contributed by atoms with Crippen molar-refractivity contribution < 1.29 is 0 Å². The molecule has 0 N–H and O–H groups in total. The first-order chi connectivity index (χ1) is 2.81. The van der Waals surface area contributed by atoms with Crippen LogP contribution in [0.1, 0.15) is 0 Å². The number of alkyl halides is 1. The molecule has 0 aromatic rings. The summed E-state index contributed by atoms with van der Waals surface area (Å²) in [5.41, 5.74) is -1.22. The van der Waals surface area contributed by atoms with Crippen LogP contribution in [-0.4, -0.2) is 5.50 Å². The van der Waals surface area contributed by atoms with E-state index in [1.807, 2.05) is 0 Å². The van der Waals surface area contributed by atoms with E-state index in [1.54, 1.807) is 0 Å². The van der Waals surface area contributed by atoms with Gasteiger partial charge < -0.3 is 0 Å². The highest BCUT2D eigenvalue weighted by atomic mass is 35.5. The van der Waals surface area contributed by atoms with Gasteiger partial charge in [-0.3, -0.25) is 0 Å². The number of hydrogen-bond acceptors (Lipinski definition) is 3. The highest BCUT2D eigenvalue weighted by Crippen LogP contribution is 1.90. The fourth-order valence-corrected chi connectivity index (χ4v) is 0.0236. The molecular weight excluding hydrogens is 103 g/mol. The zero-order valence-corrected chi connectivity index (χ0v) is 3.51. The van der Waals surface area contributed by atoms with Crippen LogP contribution in [0.2, 0.25) is 0 Å². The van der Waals surface area contributed by atoms with E-state index in [1.165, 1.54) is 6.07 Å². The molecule has 0 saturated carbocycles. The average molecular weight is 104 g/mol. The first kappa shape index (κ1) is 5.38. The molecule has 0 aliphatic rings. The molecule has 0 fully saturated rings. The summed E-state index contributed by atoms with van der Waals surface area (Å²) < 4.78 is 0. The zero-order chi connectivity index (χ0) is 4.99. The predicted octanol–water partition coefficient (Wildman–Crippen LogP) is 0.841. The Morgan fingerprint density at radius 1 is 2.00 bits per heavy atom. The van der Waals surface area contributed by atoms with Gasteiger partial charge in [0.15, 0.2) is 0 Å². The van der Waals surface area contributed by atoms with Crippen LogP contribution in [-0.2, 0) is 0 Å². The van der Waals surface area contributed by atoms with Crippen LogP contribution in [0.15, 0.2) is 5.18 Å². The van der Waals surface area contributed by atoms with E-state index < -0.39 is 5.50 Å². The fraction of sp³-hybridized carbons (Fsp3) is 0.500. The lowest BCUT2D eigenvalue weighted by Gasteiger charge is -1.72. The minimum absolute atomic E-state index is 1.22. The molecule has 4 heteroatoms. The third-order valence-corrected chi connectivity index (χ3v) is 0.376. The molecule has 6 heavy (non-hydrogen) atoms. The summed E-state index contributed by atoms with van der Waals surface area (Å²) in [6, 6.07) is 1.40. The van der Waals surface area contributed by atoms with Crippen LogP contribution in [0.25, 0.3) is 0 Å². The van der Waals surface area contributed by atoms with Crippen LogP contribution in [0.5, 0.6) is 0 Å². The molecule has 0 heterocycles. The molecule has 0 aliphatic heterocycles. The summed E-state index contributed by atoms with van der Waals surface area (Å²) in [5, 5.41) is 9.82. The minimum atomic E-state index is -1.22. The SMILES string of the molecule is N#CC(Cl)N=O. The van der Waals surface area contributed by atoms with Crippen LogP contribution in [0.3, 0.4) is 0 Å². The normalized spacial score (nSPS) is 12.0. The van der Waals surface area contributed by atoms with E-state index in [0.29, 0.717) is 0 Å². The second kappa shape index (κ2) is 2.61. The van der Waals surface area contributed by atoms with Gasteiger partial charge in [-0.25, -0.2) is 0 Å². The molecule has 3 nitrogen and oxygen atoms in total. The van der Waals surface area contributed by atoms with E-state index in [-0.39, 0.29) is 0 Å². The number of nitroso groups, excluding NO2 is 1. The second-order valence-corrected chi connectivity index (χ2v) is 0.984. The van der Waals surface area contributed by atoms with E-state index in [9.17, 15) is 0 Å². The maximum Gasteiger partial charge on any atom is 0.250 e. The minimum Gasteiger partial charge on any atom is -0.194 e. The fourth-order valence-electron chi connectivity index (χ4n) is 0.0236. The molecule has 0 radical (unpaired) electrons. The van der Waals surface area contributed by atoms with E-state index in [4.69, 9.17) is 21.8 Å². The Kier molecular flexibility index (Phi) is 2.34. The maximum absolute atomic E-state index is 9.13. The van der Waals surface area contributed by atoms with Gasteiger partial charge in [-0.2, -0.15) is 5.26 Å². The topological polar surface area (TPSA) is 53.2 Å². The summed E-state index contributed by atoms with van der Waals surface area (Å²) >= 11 is 4.81. The van der Waals surface area contributed by atoms with Gasteiger partial charge in [0.2, 0.25) is 0 Å². The Balaban J connectivity index is 3.30. The summed E-state index contributed by atoms with van der Waals surface area (Å²) in [4.78, 5) is 9.13. The lowest BCUT2D eigenvalue weighted by molar-refractivity contribution is 1.13. The molecule has 0 amide bonds. The zero-order valence-electron chi connectivity index (χ0n) is 2.76. The quantitative estimate of drug-likeness (QED) is 0.281. The smallest absolute Gasteiger partial charge is 0.194 e. The number of rotatable bonds is 1. The molecule has 0 aliphatic carbocycles. The molecule has 0 saturated heterocycles. The highest BCUT2D eigenvalue weighted by molar-refractivity contribution is 6.22. The van der Waals surface area contributed by atoms with Gasteiger partial charge in [0, 0.05) is 0 Å². The predicted molar refractivity (Wildman–Crippen MR) is 21.0 cm³/mol. The summed E-state index contributed by atoms with van der Waals surface area (Å²) in [6.07, 6.45) is 0. The molecule has 1 unspecified atom stereocenters. The van der Waals surface area contributed by atoms with Crippen molar-refractivity contribution in [2.45, 2.75) is 5.50 Å². The standard InChI is InChI=1S/C2HClN2O/c3-2(1-4)5-6/h2H. The van der Waals surface area contributed by atoms with E-state index in [2.05, 4.69) is 5.18 Å². The van der Waals surface area contributed by atoms with Gasteiger partial charge >= 0.3 is 0 Å². The Hall–Kier alpha value is -0.620. The summed E-state index contributed by atoms with van der Waals surface area (Å²) in [7, 11) is 0. The van der Waals surface area contributed by atoms with Gasteiger partial charge in [0.05, 0.1) is 0 Å². The van der Waals surface area contributed by atoms with Crippen molar-refractivity contribution in [3.63, 3.8) is 0 Å². The Bertz CT molecular complexity index is 86.0. The molecular formula is C2HClN2O. The van der Waals surface area contributed by atoms with Crippen LogP contribution < -0.4 is 0 Å². The van der Waals surface area contributed by atoms with Crippen molar-refractivity contribution in [3.8, 4) is 6.07 Å². The molecule has 0 rings (SSSR count). The number of halogens is 1. The van der Waals surface area contributed by atoms with Crippen molar-refractivity contribution in [2.24, 2.45) is 5.18 Å². The van der Waals surface area contributed by atoms with E-state index in [0.717, 1.165) is 0 Å². The Morgan fingerprint density at radius 3 is 2.50 bits per heavy atom. The van der Waals surface area contributed by atoms with Crippen molar-refractivity contribution in [2.75, 3.05) is 0 Å². The van der Waals surface area contributed by atoms with Gasteiger partial charge in [-0.1, -0.05) is 11.6 Å². The second-order valence-electron chi connectivity index (χ2n) is 0.570. The molecule has 0 bridgehead atoms. The number of hydrogen-bond donors (Lipinski definition) is 0.